The second-order valence-corrected chi connectivity index (χ2v) is 3.68. The van der Waals surface area contributed by atoms with Crippen molar-refractivity contribution in [2.45, 2.75) is 0 Å². The maximum atomic E-state index is 12.8. The van der Waals surface area contributed by atoms with Crippen molar-refractivity contribution in [3.63, 3.8) is 0 Å². The number of hydrogen-bond donors (Lipinski definition) is 1. The van der Waals surface area contributed by atoms with E-state index in [0.29, 0.717) is 10.7 Å². The van der Waals surface area contributed by atoms with Crippen molar-refractivity contribution in [2.24, 2.45) is 0 Å². The predicted molar refractivity (Wildman–Crippen MR) is 61.3 cm³/mol. The van der Waals surface area contributed by atoms with E-state index in [1.165, 1.54) is 12.1 Å². The summed E-state index contributed by atoms with van der Waals surface area (Å²) in [4.78, 5) is 0. The lowest BCUT2D eigenvalue weighted by Crippen LogP contribution is -1.91. The van der Waals surface area contributed by atoms with Crippen molar-refractivity contribution in [1.82, 2.24) is 0 Å². The van der Waals surface area contributed by atoms with Gasteiger partial charge in [-0.3, -0.25) is 0 Å². The summed E-state index contributed by atoms with van der Waals surface area (Å²) in [7, 11) is 0. The SMILES string of the molecule is Nc1cc(F)ccc1-c1cccc(Cl)c1. The molecule has 0 aromatic heterocycles. The Labute approximate surface area is 92.3 Å². The Morgan fingerprint density at radius 2 is 1.87 bits per heavy atom. The summed E-state index contributed by atoms with van der Waals surface area (Å²) < 4.78 is 12.8. The fourth-order valence-corrected chi connectivity index (χ4v) is 1.64. The molecule has 76 valence electrons. The highest BCUT2D eigenvalue weighted by atomic mass is 35.5. The summed E-state index contributed by atoms with van der Waals surface area (Å²) >= 11 is 5.86. The molecule has 0 spiro atoms. The summed E-state index contributed by atoms with van der Waals surface area (Å²) in [5.74, 6) is -0.335. The van der Waals surface area contributed by atoms with Crippen molar-refractivity contribution in [2.75, 3.05) is 5.73 Å². The van der Waals surface area contributed by atoms with Gasteiger partial charge in [-0.25, -0.2) is 4.39 Å². The highest BCUT2D eigenvalue weighted by molar-refractivity contribution is 6.30. The first-order valence-electron chi connectivity index (χ1n) is 4.48. The summed E-state index contributed by atoms with van der Waals surface area (Å²) in [5.41, 5.74) is 7.81. The Morgan fingerprint density at radius 3 is 2.53 bits per heavy atom. The molecule has 0 amide bonds. The topological polar surface area (TPSA) is 26.0 Å². The zero-order valence-corrected chi connectivity index (χ0v) is 8.63. The first-order valence-corrected chi connectivity index (χ1v) is 4.85. The monoisotopic (exact) mass is 221 g/mol. The van der Waals surface area contributed by atoms with Crippen LogP contribution in [0.5, 0.6) is 0 Å². The largest absolute Gasteiger partial charge is 0.398 e. The molecule has 15 heavy (non-hydrogen) atoms. The molecule has 0 atom stereocenters. The number of anilines is 1. The molecule has 1 nitrogen and oxygen atoms in total. The van der Waals surface area contributed by atoms with Gasteiger partial charge in [0, 0.05) is 16.3 Å². The molecule has 0 aliphatic heterocycles. The normalized spacial score (nSPS) is 10.3. The number of benzene rings is 2. The van der Waals surface area contributed by atoms with Crippen LogP contribution in [-0.4, -0.2) is 0 Å². The molecule has 0 saturated carbocycles. The molecule has 0 heterocycles. The first kappa shape index (κ1) is 9.99. The van der Waals surface area contributed by atoms with Crippen molar-refractivity contribution >= 4 is 17.3 Å². The molecular weight excluding hydrogens is 213 g/mol. The smallest absolute Gasteiger partial charge is 0.125 e. The van der Waals surface area contributed by atoms with Crippen molar-refractivity contribution in [3.05, 3.63) is 53.3 Å². The number of halogens is 2. The Morgan fingerprint density at radius 1 is 1.07 bits per heavy atom. The number of hydrogen-bond acceptors (Lipinski definition) is 1. The van der Waals surface area contributed by atoms with Crippen LogP contribution >= 0.6 is 11.6 Å². The van der Waals surface area contributed by atoms with Crippen LogP contribution in [0.3, 0.4) is 0 Å². The van der Waals surface area contributed by atoms with E-state index < -0.39 is 0 Å². The highest BCUT2D eigenvalue weighted by Gasteiger charge is 2.03. The Bertz CT molecular complexity index is 497. The molecule has 0 aliphatic carbocycles. The second kappa shape index (κ2) is 3.91. The average molecular weight is 222 g/mol. The third-order valence-electron chi connectivity index (χ3n) is 2.15. The standard InChI is InChI=1S/C12H9ClFN/c13-9-3-1-2-8(6-9)11-5-4-10(14)7-12(11)15/h1-7H,15H2. The molecule has 3 heteroatoms. The van der Waals surface area contributed by atoms with Gasteiger partial charge >= 0.3 is 0 Å². The Hall–Kier alpha value is -1.54. The maximum Gasteiger partial charge on any atom is 0.125 e. The molecule has 2 rings (SSSR count). The van der Waals surface area contributed by atoms with Crippen LogP contribution in [0, 0.1) is 5.82 Å². The average Bonchev–Trinajstić information content (AvgIpc) is 2.17. The molecule has 0 unspecified atom stereocenters. The van der Waals surface area contributed by atoms with Gasteiger partial charge in [-0.15, -0.1) is 0 Å². The molecule has 0 saturated heterocycles. The molecular formula is C12H9ClFN. The summed E-state index contributed by atoms with van der Waals surface area (Å²) in [6.45, 7) is 0. The van der Waals surface area contributed by atoms with E-state index in [4.69, 9.17) is 17.3 Å². The maximum absolute atomic E-state index is 12.8. The molecule has 0 bridgehead atoms. The van der Waals surface area contributed by atoms with Gasteiger partial charge in [0.15, 0.2) is 0 Å². The fraction of sp³-hybridized carbons (Fsp3) is 0. The van der Waals surface area contributed by atoms with E-state index in [-0.39, 0.29) is 5.82 Å². The zero-order valence-electron chi connectivity index (χ0n) is 7.87. The van der Waals surface area contributed by atoms with Crippen molar-refractivity contribution in [3.8, 4) is 11.1 Å². The van der Waals surface area contributed by atoms with Gasteiger partial charge in [-0.2, -0.15) is 0 Å². The minimum atomic E-state index is -0.335. The van der Waals surface area contributed by atoms with Gasteiger partial charge in [0.1, 0.15) is 5.82 Å². The fourth-order valence-electron chi connectivity index (χ4n) is 1.45. The number of nitrogen functional groups attached to an aromatic ring is 1. The molecule has 0 radical (unpaired) electrons. The molecule has 0 fully saturated rings. The van der Waals surface area contributed by atoms with E-state index in [9.17, 15) is 4.39 Å². The van der Waals surface area contributed by atoms with Gasteiger partial charge in [-0.1, -0.05) is 23.7 Å². The van der Waals surface area contributed by atoms with E-state index in [1.54, 1.807) is 18.2 Å². The first-order chi connectivity index (χ1) is 7.16. The highest BCUT2D eigenvalue weighted by Crippen LogP contribution is 2.28. The van der Waals surface area contributed by atoms with Crippen LogP contribution in [0.25, 0.3) is 11.1 Å². The predicted octanol–water partition coefficient (Wildman–Crippen LogP) is 3.73. The number of nitrogens with two attached hydrogens (primary N) is 1. The van der Waals surface area contributed by atoms with Crippen LogP contribution in [0.2, 0.25) is 5.02 Å². The lowest BCUT2D eigenvalue weighted by molar-refractivity contribution is 0.628. The molecule has 2 aromatic rings. The second-order valence-electron chi connectivity index (χ2n) is 3.24. The third-order valence-corrected chi connectivity index (χ3v) is 2.38. The van der Waals surface area contributed by atoms with Gasteiger partial charge in [0.2, 0.25) is 0 Å². The van der Waals surface area contributed by atoms with Crippen LogP contribution in [0.1, 0.15) is 0 Å². The van der Waals surface area contributed by atoms with Crippen LogP contribution in [-0.2, 0) is 0 Å². The summed E-state index contributed by atoms with van der Waals surface area (Å²) in [5, 5.41) is 0.635. The van der Waals surface area contributed by atoms with Crippen molar-refractivity contribution in [1.29, 1.82) is 0 Å². The Balaban J connectivity index is 2.54. The molecule has 2 aromatic carbocycles. The third kappa shape index (κ3) is 2.10. The van der Waals surface area contributed by atoms with Crippen LogP contribution in [0.15, 0.2) is 42.5 Å². The molecule has 2 N–H and O–H groups in total. The van der Waals surface area contributed by atoms with Gasteiger partial charge < -0.3 is 5.73 Å². The van der Waals surface area contributed by atoms with E-state index in [0.717, 1.165) is 11.1 Å². The minimum Gasteiger partial charge on any atom is -0.398 e. The van der Waals surface area contributed by atoms with E-state index in [2.05, 4.69) is 0 Å². The lowest BCUT2D eigenvalue weighted by Gasteiger charge is -2.05. The lowest BCUT2D eigenvalue weighted by atomic mass is 10.0. The van der Waals surface area contributed by atoms with E-state index in [1.807, 2.05) is 12.1 Å². The number of rotatable bonds is 1. The molecule has 0 aliphatic rings. The zero-order chi connectivity index (χ0) is 10.8. The summed E-state index contributed by atoms with van der Waals surface area (Å²) in [6.07, 6.45) is 0. The Kier molecular flexibility index (Phi) is 2.60. The van der Waals surface area contributed by atoms with E-state index >= 15 is 0 Å². The minimum absolute atomic E-state index is 0.335. The van der Waals surface area contributed by atoms with Crippen LogP contribution < -0.4 is 5.73 Å². The van der Waals surface area contributed by atoms with Crippen molar-refractivity contribution < 1.29 is 4.39 Å². The van der Waals surface area contributed by atoms with Gasteiger partial charge in [0.25, 0.3) is 0 Å². The van der Waals surface area contributed by atoms with Crippen LogP contribution in [0.4, 0.5) is 10.1 Å². The summed E-state index contributed by atoms with van der Waals surface area (Å²) in [6, 6.07) is 11.6. The quantitative estimate of drug-likeness (QED) is 0.730. The van der Waals surface area contributed by atoms with Gasteiger partial charge in [-0.05, 0) is 35.9 Å². The van der Waals surface area contributed by atoms with Gasteiger partial charge in [0.05, 0.1) is 0 Å².